The van der Waals surface area contributed by atoms with Gasteiger partial charge in [0.2, 0.25) is 0 Å². The topological polar surface area (TPSA) is 63.0 Å². The number of hydrogen-bond donors (Lipinski definition) is 0. The summed E-state index contributed by atoms with van der Waals surface area (Å²) in [4.78, 5) is 28.9. The van der Waals surface area contributed by atoms with Crippen LogP contribution in [0.5, 0.6) is 0 Å². The monoisotopic (exact) mass is 436 g/mol. The smallest absolute Gasteiger partial charge is 0.337 e. The normalized spacial score (nSPS) is 13.6. The third kappa shape index (κ3) is 4.94. The van der Waals surface area contributed by atoms with Gasteiger partial charge in [-0.05, 0) is 41.5 Å². The van der Waals surface area contributed by atoms with Crippen molar-refractivity contribution in [3.05, 3.63) is 78.3 Å². The summed E-state index contributed by atoms with van der Waals surface area (Å²) in [5, 5.41) is 0. The van der Waals surface area contributed by atoms with Crippen molar-refractivity contribution in [1.29, 1.82) is 0 Å². The van der Waals surface area contributed by atoms with E-state index in [1.165, 1.54) is 7.11 Å². The predicted octanol–water partition coefficient (Wildman–Crippen LogP) is 4.91. The highest BCUT2D eigenvalue weighted by Crippen LogP contribution is 2.27. The van der Waals surface area contributed by atoms with E-state index < -0.39 is 0 Å². The van der Waals surface area contributed by atoms with Crippen LogP contribution < -0.4 is 4.90 Å². The Hall–Kier alpha value is -3.19. The van der Waals surface area contributed by atoms with Crippen molar-refractivity contribution < 1.29 is 18.7 Å². The molecule has 6 nitrogen and oxygen atoms in total. The Morgan fingerprint density at radius 1 is 1.06 bits per heavy atom. The quantitative estimate of drug-likeness (QED) is 0.532. The summed E-state index contributed by atoms with van der Waals surface area (Å²) in [7, 11) is 1.36. The highest BCUT2D eigenvalue weighted by atomic mass is 32.2. The van der Waals surface area contributed by atoms with Crippen LogP contribution in [0.4, 0.5) is 10.5 Å². The summed E-state index contributed by atoms with van der Waals surface area (Å²) >= 11 is 1.87. The SMILES string of the molecule is COC(=O)c1ccc(CN(C(=O)N2CCSCC2)c2cccc(-c3ccoc3)c2)cc1. The van der Waals surface area contributed by atoms with E-state index in [4.69, 9.17) is 9.15 Å². The van der Waals surface area contributed by atoms with Crippen LogP contribution in [0.2, 0.25) is 0 Å². The van der Waals surface area contributed by atoms with Gasteiger partial charge in [-0.15, -0.1) is 0 Å². The van der Waals surface area contributed by atoms with Crippen molar-refractivity contribution in [2.45, 2.75) is 6.54 Å². The number of amides is 2. The van der Waals surface area contributed by atoms with Crippen molar-refractivity contribution >= 4 is 29.4 Å². The van der Waals surface area contributed by atoms with Crippen molar-refractivity contribution in [3.63, 3.8) is 0 Å². The Bertz CT molecular complexity index is 1030. The lowest BCUT2D eigenvalue weighted by molar-refractivity contribution is 0.0600. The molecule has 1 aliphatic heterocycles. The maximum Gasteiger partial charge on any atom is 0.337 e. The number of urea groups is 1. The molecule has 0 N–H and O–H groups in total. The fraction of sp³-hybridized carbons (Fsp3) is 0.250. The van der Waals surface area contributed by atoms with E-state index >= 15 is 0 Å². The highest BCUT2D eigenvalue weighted by molar-refractivity contribution is 7.99. The number of anilines is 1. The maximum atomic E-state index is 13.5. The number of thioether (sulfide) groups is 1. The number of ether oxygens (including phenoxy) is 1. The maximum absolute atomic E-state index is 13.5. The van der Waals surface area contributed by atoms with Crippen molar-refractivity contribution in [3.8, 4) is 11.1 Å². The van der Waals surface area contributed by atoms with E-state index in [9.17, 15) is 9.59 Å². The number of benzene rings is 2. The number of rotatable bonds is 5. The van der Waals surface area contributed by atoms with Crippen LogP contribution >= 0.6 is 11.8 Å². The standard InChI is InChI=1S/C24H24N2O4S/c1-29-23(27)19-7-5-18(6-8-19)16-26(24(28)25-10-13-31-14-11-25)22-4-2-3-20(15-22)21-9-12-30-17-21/h2-9,12,15,17H,10-11,13-14,16H2,1H3. The van der Waals surface area contributed by atoms with Gasteiger partial charge in [-0.25, -0.2) is 9.59 Å². The molecule has 1 fully saturated rings. The van der Waals surface area contributed by atoms with E-state index in [-0.39, 0.29) is 12.0 Å². The van der Waals surface area contributed by atoms with Gasteiger partial charge in [0.15, 0.2) is 0 Å². The largest absolute Gasteiger partial charge is 0.472 e. The lowest BCUT2D eigenvalue weighted by Gasteiger charge is -2.33. The summed E-state index contributed by atoms with van der Waals surface area (Å²) < 4.78 is 9.99. The molecule has 0 saturated carbocycles. The molecule has 3 aromatic rings. The van der Waals surface area contributed by atoms with Gasteiger partial charge in [0.1, 0.15) is 0 Å². The Morgan fingerprint density at radius 2 is 1.84 bits per heavy atom. The van der Waals surface area contributed by atoms with E-state index in [0.29, 0.717) is 12.1 Å². The second-order valence-corrected chi connectivity index (χ2v) is 8.44. The third-order valence-electron chi connectivity index (χ3n) is 5.24. The number of nitrogens with zero attached hydrogens (tertiary/aromatic N) is 2. The number of furan rings is 1. The molecule has 2 aromatic carbocycles. The molecule has 160 valence electrons. The van der Waals surface area contributed by atoms with Gasteiger partial charge in [-0.1, -0.05) is 24.3 Å². The first-order chi connectivity index (χ1) is 15.2. The minimum atomic E-state index is -0.377. The Labute approximate surface area is 185 Å². The summed E-state index contributed by atoms with van der Waals surface area (Å²) in [6.45, 7) is 1.88. The van der Waals surface area contributed by atoms with E-state index in [0.717, 1.165) is 47.0 Å². The number of carbonyl (C=O) groups is 2. The Balaban J connectivity index is 1.64. The van der Waals surface area contributed by atoms with E-state index in [1.54, 1.807) is 29.6 Å². The molecule has 1 aliphatic rings. The fourth-order valence-electron chi connectivity index (χ4n) is 3.52. The molecule has 7 heteroatoms. The molecule has 0 radical (unpaired) electrons. The molecule has 0 bridgehead atoms. The minimum absolute atomic E-state index is 0.0123. The second-order valence-electron chi connectivity index (χ2n) is 7.22. The molecular formula is C24H24N2O4S. The molecule has 0 unspecified atom stereocenters. The zero-order valence-electron chi connectivity index (χ0n) is 17.3. The van der Waals surface area contributed by atoms with E-state index in [2.05, 4.69) is 0 Å². The van der Waals surface area contributed by atoms with Crippen LogP contribution in [0.1, 0.15) is 15.9 Å². The highest BCUT2D eigenvalue weighted by Gasteiger charge is 2.24. The van der Waals surface area contributed by atoms with Gasteiger partial charge in [0.25, 0.3) is 0 Å². The van der Waals surface area contributed by atoms with Gasteiger partial charge in [0, 0.05) is 35.8 Å². The zero-order chi connectivity index (χ0) is 21.6. The molecule has 0 spiro atoms. The predicted molar refractivity (Wildman–Crippen MR) is 122 cm³/mol. The van der Waals surface area contributed by atoms with Crippen molar-refractivity contribution in [2.24, 2.45) is 0 Å². The first-order valence-corrected chi connectivity index (χ1v) is 11.3. The second kappa shape index (κ2) is 9.75. The van der Waals surface area contributed by atoms with Crippen molar-refractivity contribution in [1.82, 2.24) is 4.90 Å². The molecule has 31 heavy (non-hydrogen) atoms. The third-order valence-corrected chi connectivity index (χ3v) is 6.18. The lowest BCUT2D eigenvalue weighted by atomic mass is 10.1. The molecule has 1 aromatic heterocycles. The summed E-state index contributed by atoms with van der Waals surface area (Å²) in [6, 6.07) is 17.0. The van der Waals surface area contributed by atoms with Crippen LogP contribution in [0.15, 0.2) is 71.5 Å². The van der Waals surface area contributed by atoms with Crippen LogP contribution in [-0.2, 0) is 11.3 Å². The minimum Gasteiger partial charge on any atom is -0.472 e. The summed E-state index contributed by atoms with van der Waals surface area (Å²) in [5.74, 6) is 1.52. The van der Waals surface area contributed by atoms with Gasteiger partial charge < -0.3 is 14.1 Å². The average Bonchev–Trinajstić information content (AvgIpc) is 3.38. The Kier molecular flexibility index (Phi) is 6.62. The molecule has 0 aliphatic carbocycles. The molecular weight excluding hydrogens is 412 g/mol. The number of hydrogen-bond acceptors (Lipinski definition) is 5. The zero-order valence-corrected chi connectivity index (χ0v) is 18.1. The number of carbonyl (C=O) groups excluding carboxylic acids is 2. The van der Waals surface area contributed by atoms with Crippen LogP contribution in [0.3, 0.4) is 0 Å². The van der Waals surface area contributed by atoms with Crippen LogP contribution in [0, 0.1) is 0 Å². The van der Waals surface area contributed by atoms with Gasteiger partial charge >= 0.3 is 12.0 Å². The summed E-state index contributed by atoms with van der Waals surface area (Å²) in [5.41, 5.74) is 4.18. The first kappa shape index (κ1) is 21.1. The number of methoxy groups -OCH3 is 1. The van der Waals surface area contributed by atoms with Crippen LogP contribution in [-0.4, -0.2) is 48.6 Å². The van der Waals surface area contributed by atoms with E-state index in [1.807, 2.05) is 59.1 Å². The van der Waals surface area contributed by atoms with Gasteiger partial charge in [-0.3, -0.25) is 4.90 Å². The fourth-order valence-corrected chi connectivity index (χ4v) is 4.43. The average molecular weight is 437 g/mol. The number of esters is 1. The van der Waals surface area contributed by atoms with Gasteiger partial charge in [-0.2, -0.15) is 11.8 Å². The van der Waals surface area contributed by atoms with Gasteiger partial charge in [0.05, 0.1) is 31.7 Å². The molecule has 2 amide bonds. The Morgan fingerprint density at radius 3 is 2.52 bits per heavy atom. The summed E-state index contributed by atoms with van der Waals surface area (Å²) in [6.07, 6.45) is 3.33. The first-order valence-electron chi connectivity index (χ1n) is 10.1. The molecule has 1 saturated heterocycles. The molecule has 2 heterocycles. The lowest BCUT2D eigenvalue weighted by Crippen LogP contribution is -2.46. The van der Waals surface area contributed by atoms with Crippen LogP contribution in [0.25, 0.3) is 11.1 Å². The van der Waals surface area contributed by atoms with Crippen molar-refractivity contribution in [2.75, 3.05) is 36.6 Å². The molecule has 0 atom stereocenters. The molecule has 4 rings (SSSR count).